The highest BCUT2D eigenvalue weighted by Crippen LogP contribution is 2.28. The molecule has 1 heterocycles. The fourth-order valence-electron chi connectivity index (χ4n) is 3.21. The van der Waals surface area contributed by atoms with Gasteiger partial charge in [-0.25, -0.2) is 0 Å². The van der Waals surface area contributed by atoms with E-state index in [4.69, 9.17) is 11.6 Å². The second kappa shape index (κ2) is 6.31. The maximum Gasteiger partial charge on any atom is 0.269 e. The van der Waals surface area contributed by atoms with Crippen molar-refractivity contribution in [3.05, 3.63) is 34.5 Å². The van der Waals surface area contributed by atoms with E-state index >= 15 is 0 Å². The third-order valence-corrected chi connectivity index (χ3v) is 4.98. The van der Waals surface area contributed by atoms with E-state index in [0.717, 1.165) is 42.1 Å². The highest BCUT2D eigenvalue weighted by Gasteiger charge is 2.23. The van der Waals surface area contributed by atoms with E-state index in [0.29, 0.717) is 16.8 Å². The number of H-pyrrole nitrogens is 1. The van der Waals surface area contributed by atoms with Crippen molar-refractivity contribution >= 4 is 28.4 Å². The van der Waals surface area contributed by atoms with Gasteiger partial charge in [0.1, 0.15) is 5.69 Å². The van der Waals surface area contributed by atoms with Gasteiger partial charge in [-0.05, 0) is 51.8 Å². The van der Waals surface area contributed by atoms with Gasteiger partial charge in [0.05, 0.1) is 5.02 Å². The summed E-state index contributed by atoms with van der Waals surface area (Å²) in [5.74, 6) is -0.105. The zero-order valence-corrected chi connectivity index (χ0v) is 13.8. The third kappa shape index (κ3) is 2.99. The van der Waals surface area contributed by atoms with E-state index in [-0.39, 0.29) is 11.9 Å². The Bertz CT molecular complexity index is 687. The molecule has 4 nitrogen and oxygen atoms in total. The van der Waals surface area contributed by atoms with Crippen molar-refractivity contribution in [1.82, 2.24) is 15.6 Å². The number of aromatic nitrogens is 1. The number of aromatic amines is 1. The number of carbonyl (C=O) groups is 1. The predicted molar refractivity (Wildman–Crippen MR) is 90.6 cm³/mol. The molecule has 118 valence electrons. The number of halogens is 1. The molecule has 2 aromatic rings. The maximum absolute atomic E-state index is 12.5. The van der Waals surface area contributed by atoms with Gasteiger partial charge in [-0.15, -0.1) is 0 Å². The molecule has 0 radical (unpaired) electrons. The minimum atomic E-state index is -0.105. The van der Waals surface area contributed by atoms with Gasteiger partial charge in [0, 0.05) is 23.0 Å². The van der Waals surface area contributed by atoms with Gasteiger partial charge in [-0.3, -0.25) is 4.79 Å². The van der Waals surface area contributed by atoms with Crippen LogP contribution < -0.4 is 10.6 Å². The Morgan fingerprint density at radius 1 is 1.23 bits per heavy atom. The molecular formula is C17H22ClN3O. The van der Waals surface area contributed by atoms with Crippen molar-refractivity contribution < 1.29 is 4.79 Å². The Hall–Kier alpha value is -1.52. The van der Waals surface area contributed by atoms with Crippen LogP contribution in [0.2, 0.25) is 5.02 Å². The zero-order chi connectivity index (χ0) is 15.7. The lowest BCUT2D eigenvalue weighted by molar-refractivity contribution is 0.0920. The van der Waals surface area contributed by atoms with E-state index in [1.165, 1.54) is 0 Å². The largest absolute Gasteiger partial charge is 0.349 e. The average molecular weight is 320 g/mol. The molecule has 1 fully saturated rings. The molecule has 1 aromatic heterocycles. The standard InChI is InChI=1S/C17H22ClN3O/c1-10-3-8-14-13(9-10)15(18)16(21-14)17(22)20-12-6-4-11(19-2)5-7-12/h3,8-9,11-12,19,21H,4-7H2,1-2H3,(H,20,22). The summed E-state index contributed by atoms with van der Waals surface area (Å²) < 4.78 is 0. The highest BCUT2D eigenvalue weighted by atomic mass is 35.5. The smallest absolute Gasteiger partial charge is 0.269 e. The molecule has 1 aliphatic carbocycles. The van der Waals surface area contributed by atoms with Crippen LogP contribution in [0.15, 0.2) is 18.2 Å². The molecule has 22 heavy (non-hydrogen) atoms. The molecule has 3 N–H and O–H groups in total. The van der Waals surface area contributed by atoms with Gasteiger partial charge in [0.2, 0.25) is 0 Å². The first kappa shape index (κ1) is 15.4. The summed E-state index contributed by atoms with van der Waals surface area (Å²) in [6.07, 6.45) is 4.21. The highest BCUT2D eigenvalue weighted by molar-refractivity contribution is 6.38. The van der Waals surface area contributed by atoms with Crippen molar-refractivity contribution in [3.63, 3.8) is 0 Å². The van der Waals surface area contributed by atoms with Gasteiger partial charge in [0.25, 0.3) is 5.91 Å². The molecule has 1 amide bonds. The third-order valence-electron chi connectivity index (χ3n) is 4.59. The number of aryl methyl sites for hydroxylation is 1. The number of hydrogen-bond acceptors (Lipinski definition) is 2. The summed E-state index contributed by atoms with van der Waals surface area (Å²) in [4.78, 5) is 15.6. The van der Waals surface area contributed by atoms with Crippen molar-refractivity contribution in [2.75, 3.05) is 7.05 Å². The number of fused-ring (bicyclic) bond motifs is 1. The normalized spacial score (nSPS) is 22.0. The van der Waals surface area contributed by atoms with Crippen molar-refractivity contribution in [2.24, 2.45) is 0 Å². The molecule has 0 bridgehead atoms. The average Bonchev–Trinajstić information content (AvgIpc) is 2.85. The number of hydrogen-bond donors (Lipinski definition) is 3. The van der Waals surface area contributed by atoms with Crippen LogP contribution in [0.4, 0.5) is 0 Å². The number of amides is 1. The molecule has 0 unspecified atom stereocenters. The lowest BCUT2D eigenvalue weighted by Gasteiger charge is -2.28. The van der Waals surface area contributed by atoms with Crippen molar-refractivity contribution in [2.45, 2.75) is 44.7 Å². The van der Waals surface area contributed by atoms with Crippen LogP contribution in [0.1, 0.15) is 41.7 Å². The Balaban J connectivity index is 1.74. The van der Waals surface area contributed by atoms with Crippen LogP contribution in [0.5, 0.6) is 0 Å². The molecule has 3 rings (SSSR count). The monoisotopic (exact) mass is 319 g/mol. The van der Waals surface area contributed by atoms with E-state index in [1.807, 2.05) is 32.2 Å². The van der Waals surface area contributed by atoms with Gasteiger partial charge < -0.3 is 15.6 Å². The molecule has 0 saturated heterocycles. The molecule has 0 aliphatic heterocycles. The number of carbonyl (C=O) groups excluding carboxylic acids is 1. The fourth-order valence-corrected chi connectivity index (χ4v) is 3.50. The second-order valence-corrected chi connectivity index (χ2v) is 6.55. The maximum atomic E-state index is 12.5. The van der Waals surface area contributed by atoms with E-state index in [1.54, 1.807) is 0 Å². The van der Waals surface area contributed by atoms with Gasteiger partial charge >= 0.3 is 0 Å². The molecule has 0 atom stereocenters. The Morgan fingerprint density at radius 2 is 1.91 bits per heavy atom. The lowest BCUT2D eigenvalue weighted by atomic mass is 9.91. The predicted octanol–water partition coefficient (Wildman–Crippen LogP) is 3.39. The van der Waals surface area contributed by atoms with Crippen LogP contribution in [0.3, 0.4) is 0 Å². The fraction of sp³-hybridized carbons (Fsp3) is 0.471. The summed E-state index contributed by atoms with van der Waals surface area (Å²) in [7, 11) is 2.00. The van der Waals surface area contributed by atoms with Gasteiger partial charge in [-0.1, -0.05) is 23.2 Å². The van der Waals surface area contributed by atoms with E-state index < -0.39 is 0 Å². The SMILES string of the molecule is CNC1CCC(NC(=O)c2[nH]c3ccc(C)cc3c2Cl)CC1. The van der Waals surface area contributed by atoms with Gasteiger partial charge in [0.15, 0.2) is 0 Å². The molecular weight excluding hydrogens is 298 g/mol. The Morgan fingerprint density at radius 3 is 2.59 bits per heavy atom. The van der Waals surface area contributed by atoms with Gasteiger partial charge in [-0.2, -0.15) is 0 Å². The van der Waals surface area contributed by atoms with E-state index in [2.05, 4.69) is 15.6 Å². The summed E-state index contributed by atoms with van der Waals surface area (Å²) in [6.45, 7) is 2.02. The summed E-state index contributed by atoms with van der Waals surface area (Å²) >= 11 is 6.39. The first-order valence-corrected chi connectivity index (χ1v) is 8.22. The Kier molecular flexibility index (Phi) is 4.41. The van der Waals surface area contributed by atoms with Crippen LogP contribution in [0, 0.1) is 6.92 Å². The van der Waals surface area contributed by atoms with Crippen LogP contribution in [0.25, 0.3) is 10.9 Å². The molecule has 0 spiro atoms. The topological polar surface area (TPSA) is 56.9 Å². The lowest BCUT2D eigenvalue weighted by Crippen LogP contribution is -2.41. The zero-order valence-electron chi connectivity index (χ0n) is 13.0. The number of rotatable bonds is 3. The minimum absolute atomic E-state index is 0.105. The summed E-state index contributed by atoms with van der Waals surface area (Å²) in [6, 6.07) is 6.79. The van der Waals surface area contributed by atoms with E-state index in [9.17, 15) is 4.79 Å². The number of nitrogens with one attached hydrogen (secondary N) is 3. The first-order chi connectivity index (χ1) is 10.6. The minimum Gasteiger partial charge on any atom is -0.349 e. The van der Waals surface area contributed by atoms with Crippen LogP contribution >= 0.6 is 11.6 Å². The van der Waals surface area contributed by atoms with Crippen LogP contribution in [-0.2, 0) is 0 Å². The molecule has 5 heteroatoms. The van der Waals surface area contributed by atoms with Crippen molar-refractivity contribution in [1.29, 1.82) is 0 Å². The van der Waals surface area contributed by atoms with Crippen molar-refractivity contribution in [3.8, 4) is 0 Å². The number of benzene rings is 1. The second-order valence-electron chi connectivity index (χ2n) is 6.17. The summed E-state index contributed by atoms with van der Waals surface area (Å²) in [5.41, 5.74) is 2.50. The first-order valence-electron chi connectivity index (χ1n) is 7.84. The quantitative estimate of drug-likeness (QED) is 0.812. The summed E-state index contributed by atoms with van der Waals surface area (Å²) in [5, 5.41) is 7.84. The molecule has 1 saturated carbocycles. The Labute approximate surface area is 135 Å². The van der Waals surface area contributed by atoms with Crippen LogP contribution in [-0.4, -0.2) is 30.0 Å². The molecule has 1 aromatic carbocycles. The molecule has 1 aliphatic rings.